The third kappa shape index (κ3) is 4.46. The average molecular weight is 396 g/mol. The topological polar surface area (TPSA) is 20.3 Å². The van der Waals surface area contributed by atoms with Crippen molar-refractivity contribution in [2.24, 2.45) is 0 Å². The molecule has 1 heterocycles. The zero-order valence-corrected chi connectivity index (χ0v) is 15.7. The van der Waals surface area contributed by atoms with Crippen LogP contribution in [0, 0.1) is 0 Å². The van der Waals surface area contributed by atoms with Gasteiger partial charge in [-0.25, -0.2) is 0 Å². The van der Waals surface area contributed by atoms with Crippen LogP contribution in [0.1, 0.15) is 48.3 Å². The molecule has 1 aliphatic rings. The third-order valence-electron chi connectivity index (χ3n) is 5.25. The highest BCUT2D eigenvalue weighted by molar-refractivity contribution is 6.30. The quantitative estimate of drug-likeness (QED) is 0.636. The Bertz CT molecular complexity index is 796. The normalized spacial score (nSPS) is 17.0. The van der Waals surface area contributed by atoms with Crippen LogP contribution in [-0.4, -0.2) is 23.9 Å². The minimum Gasteiger partial charge on any atom is -0.342 e. The van der Waals surface area contributed by atoms with Crippen molar-refractivity contribution in [1.82, 2.24) is 4.90 Å². The predicted molar refractivity (Wildman–Crippen MR) is 99.9 cm³/mol. The number of benzene rings is 2. The van der Waals surface area contributed by atoms with Crippen LogP contribution in [-0.2, 0) is 11.0 Å². The molecule has 0 bridgehead atoms. The summed E-state index contributed by atoms with van der Waals surface area (Å²) in [5, 5.41) is 0.613. The second kappa shape index (κ2) is 7.93. The van der Waals surface area contributed by atoms with Crippen LogP contribution in [0.25, 0.3) is 0 Å². The van der Waals surface area contributed by atoms with Crippen molar-refractivity contribution in [2.45, 2.75) is 37.8 Å². The Kier molecular flexibility index (Phi) is 5.80. The zero-order chi connectivity index (χ0) is 19.6. The molecule has 1 aliphatic heterocycles. The van der Waals surface area contributed by atoms with Crippen LogP contribution >= 0.6 is 11.6 Å². The van der Waals surface area contributed by atoms with E-state index in [1.165, 1.54) is 6.07 Å². The molecular formula is C21H21ClF3NO. The summed E-state index contributed by atoms with van der Waals surface area (Å²) in [5.74, 6) is -0.487. The van der Waals surface area contributed by atoms with Gasteiger partial charge in [-0.15, -0.1) is 0 Å². The van der Waals surface area contributed by atoms with E-state index in [-0.39, 0.29) is 17.7 Å². The molecule has 2 aromatic rings. The lowest BCUT2D eigenvalue weighted by molar-refractivity contribution is -0.139. The molecule has 0 aliphatic carbocycles. The molecule has 6 heteroatoms. The molecule has 1 fully saturated rings. The minimum atomic E-state index is -4.35. The molecule has 1 unspecified atom stereocenters. The number of nitrogens with zero attached hydrogens (tertiary/aromatic N) is 1. The highest BCUT2D eigenvalue weighted by Gasteiger charge is 2.36. The van der Waals surface area contributed by atoms with E-state index in [0.29, 0.717) is 36.5 Å². The van der Waals surface area contributed by atoms with Gasteiger partial charge in [0.05, 0.1) is 11.5 Å². The van der Waals surface area contributed by atoms with E-state index in [1.807, 2.05) is 19.1 Å². The molecule has 144 valence electrons. The van der Waals surface area contributed by atoms with Gasteiger partial charge in [-0.05, 0) is 55.0 Å². The molecule has 2 aromatic carbocycles. The molecule has 0 radical (unpaired) electrons. The van der Waals surface area contributed by atoms with Gasteiger partial charge in [-0.1, -0.05) is 41.9 Å². The third-order valence-corrected chi connectivity index (χ3v) is 5.51. The van der Waals surface area contributed by atoms with Crippen molar-refractivity contribution in [3.8, 4) is 0 Å². The standard InChI is InChI=1S/C21H21ClF3NO/c1-14(15-6-8-17(22)9-7-15)20(27)26-12-10-16(11-13-26)18-4-2-3-5-19(18)21(23,24)25/h2-9,14,16H,10-13H2,1H3. The summed E-state index contributed by atoms with van der Waals surface area (Å²) in [5.41, 5.74) is 0.654. The van der Waals surface area contributed by atoms with Gasteiger partial charge in [-0.3, -0.25) is 4.79 Å². The fraction of sp³-hybridized carbons (Fsp3) is 0.381. The van der Waals surface area contributed by atoms with Gasteiger partial charge in [0.15, 0.2) is 0 Å². The molecule has 1 amide bonds. The summed E-state index contributed by atoms with van der Waals surface area (Å²) >= 11 is 5.89. The number of carbonyl (C=O) groups is 1. The Hall–Kier alpha value is -2.01. The summed E-state index contributed by atoms with van der Waals surface area (Å²) in [7, 11) is 0. The Labute approximate surface area is 161 Å². The highest BCUT2D eigenvalue weighted by Crippen LogP contribution is 2.39. The van der Waals surface area contributed by atoms with Crippen molar-refractivity contribution >= 4 is 17.5 Å². The van der Waals surface area contributed by atoms with Crippen LogP contribution in [0.2, 0.25) is 5.02 Å². The first-order valence-corrected chi connectivity index (χ1v) is 9.35. The van der Waals surface area contributed by atoms with Crippen LogP contribution in [0.3, 0.4) is 0 Å². The van der Waals surface area contributed by atoms with E-state index in [4.69, 9.17) is 11.6 Å². The van der Waals surface area contributed by atoms with E-state index in [1.54, 1.807) is 29.2 Å². The molecular weight excluding hydrogens is 375 g/mol. The lowest BCUT2D eigenvalue weighted by Gasteiger charge is -2.34. The Morgan fingerprint density at radius 3 is 2.26 bits per heavy atom. The second-order valence-corrected chi connectivity index (χ2v) is 7.39. The van der Waals surface area contributed by atoms with Gasteiger partial charge in [0, 0.05) is 18.1 Å². The highest BCUT2D eigenvalue weighted by atomic mass is 35.5. The van der Waals surface area contributed by atoms with E-state index in [0.717, 1.165) is 11.6 Å². The number of hydrogen-bond donors (Lipinski definition) is 0. The van der Waals surface area contributed by atoms with Crippen molar-refractivity contribution in [3.63, 3.8) is 0 Å². The van der Waals surface area contributed by atoms with Crippen molar-refractivity contribution in [1.29, 1.82) is 0 Å². The van der Waals surface area contributed by atoms with E-state index >= 15 is 0 Å². The Morgan fingerprint density at radius 2 is 1.67 bits per heavy atom. The molecule has 1 atom stereocenters. The van der Waals surface area contributed by atoms with Gasteiger partial charge in [0.25, 0.3) is 0 Å². The summed E-state index contributed by atoms with van der Waals surface area (Å²) in [6, 6.07) is 12.9. The maximum Gasteiger partial charge on any atom is 0.416 e. The summed E-state index contributed by atoms with van der Waals surface area (Å²) in [4.78, 5) is 14.5. The molecule has 0 aromatic heterocycles. The number of alkyl halides is 3. The number of halogens is 4. The van der Waals surface area contributed by atoms with Crippen LogP contribution in [0.5, 0.6) is 0 Å². The second-order valence-electron chi connectivity index (χ2n) is 6.96. The minimum absolute atomic E-state index is 0.000112. The van der Waals surface area contributed by atoms with E-state index in [9.17, 15) is 18.0 Å². The number of rotatable bonds is 3. The van der Waals surface area contributed by atoms with Gasteiger partial charge >= 0.3 is 6.18 Å². The first-order chi connectivity index (χ1) is 12.8. The number of amides is 1. The smallest absolute Gasteiger partial charge is 0.342 e. The van der Waals surface area contributed by atoms with Crippen molar-refractivity contribution < 1.29 is 18.0 Å². The number of piperidine rings is 1. The lowest BCUT2D eigenvalue weighted by Crippen LogP contribution is -2.40. The molecule has 1 saturated heterocycles. The van der Waals surface area contributed by atoms with Gasteiger partial charge < -0.3 is 4.90 Å². The van der Waals surface area contributed by atoms with Crippen LogP contribution in [0.4, 0.5) is 13.2 Å². The molecule has 3 rings (SSSR count). The largest absolute Gasteiger partial charge is 0.416 e. The summed E-state index contributed by atoms with van der Waals surface area (Å²) in [6.07, 6.45) is -3.29. The van der Waals surface area contributed by atoms with E-state index < -0.39 is 11.7 Å². The average Bonchev–Trinajstić information content (AvgIpc) is 2.67. The molecule has 0 saturated carbocycles. The molecule has 2 nitrogen and oxygen atoms in total. The molecule has 0 N–H and O–H groups in total. The lowest BCUT2D eigenvalue weighted by atomic mass is 9.85. The number of carbonyl (C=O) groups excluding carboxylic acids is 1. The first kappa shape index (κ1) is 19.7. The monoisotopic (exact) mass is 395 g/mol. The van der Waals surface area contributed by atoms with E-state index in [2.05, 4.69) is 0 Å². The van der Waals surface area contributed by atoms with Gasteiger partial charge in [0.2, 0.25) is 5.91 Å². The van der Waals surface area contributed by atoms with Crippen molar-refractivity contribution in [2.75, 3.05) is 13.1 Å². The number of likely N-dealkylation sites (tertiary alicyclic amines) is 1. The summed E-state index contributed by atoms with van der Waals surface area (Å²) in [6.45, 7) is 2.78. The maximum atomic E-state index is 13.3. The maximum absolute atomic E-state index is 13.3. The Balaban J connectivity index is 1.67. The van der Waals surface area contributed by atoms with Crippen molar-refractivity contribution in [3.05, 3.63) is 70.2 Å². The van der Waals surface area contributed by atoms with Gasteiger partial charge in [0.1, 0.15) is 0 Å². The van der Waals surface area contributed by atoms with Crippen LogP contribution < -0.4 is 0 Å². The van der Waals surface area contributed by atoms with Gasteiger partial charge in [-0.2, -0.15) is 13.2 Å². The molecule has 27 heavy (non-hydrogen) atoms. The molecule has 0 spiro atoms. The predicted octanol–water partition coefficient (Wildman–Crippen LogP) is 5.87. The summed E-state index contributed by atoms with van der Waals surface area (Å²) < 4.78 is 39.8. The first-order valence-electron chi connectivity index (χ1n) is 8.97. The van der Waals surface area contributed by atoms with Crippen LogP contribution in [0.15, 0.2) is 48.5 Å². The SMILES string of the molecule is CC(C(=O)N1CCC(c2ccccc2C(F)(F)F)CC1)c1ccc(Cl)cc1. The fourth-order valence-corrected chi connectivity index (χ4v) is 3.82. The number of hydrogen-bond acceptors (Lipinski definition) is 1. The Morgan fingerprint density at radius 1 is 1.07 bits per heavy atom. The zero-order valence-electron chi connectivity index (χ0n) is 15.0. The fourth-order valence-electron chi connectivity index (χ4n) is 3.69.